The molecule has 0 saturated carbocycles. The van der Waals surface area contributed by atoms with Gasteiger partial charge in [-0.15, -0.1) is 10.2 Å². The number of pyridine rings is 2. The number of esters is 1. The lowest BCUT2D eigenvalue weighted by Crippen LogP contribution is -2.02. The van der Waals surface area contributed by atoms with Gasteiger partial charge in [0.15, 0.2) is 10.8 Å². The maximum atomic E-state index is 11.3. The Hall–Kier alpha value is -2.41. The molecule has 0 aliphatic carbocycles. The van der Waals surface area contributed by atoms with Crippen LogP contribution >= 0.6 is 11.8 Å². The van der Waals surface area contributed by atoms with Crippen LogP contribution in [0.3, 0.4) is 0 Å². The summed E-state index contributed by atoms with van der Waals surface area (Å²) in [6.07, 6.45) is 3.44. The van der Waals surface area contributed by atoms with E-state index in [-0.39, 0.29) is 5.97 Å². The van der Waals surface area contributed by atoms with Gasteiger partial charge in [0.2, 0.25) is 0 Å². The van der Waals surface area contributed by atoms with Crippen LogP contribution in [0.1, 0.15) is 16.1 Å². The van der Waals surface area contributed by atoms with Crippen LogP contribution in [-0.2, 0) is 10.5 Å². The summed E-state index contributed by atoms with van der Waals surface area (Å²) in [6.45, 7) is 0. The van der Waals surface area contributed by atoms with Gasteiger partial charge in [-0.2, -0.15) is 0 Å². The number of methoxy groups -OCH3 is 1. The van der Waals surface area contributed by atoms with Crippen molar-refractivity contribution in [2.75, 3.05) is 7.11 Å². The third kappa shape index (κ3) is 2.87. The molecule has 0 radical (unpaired) electrons. The standard InChI is InChI=1S/C14H12N4O2S/c1-20-13(19)10-5-6-11(15-8-10)9-21-14-17-16-12-4-2-3-7-18(12)14/h2-8H,9H2,1H3. The van der Waals surface area contributed by atoms with Gasteiger partial charge in [-0.05, 0) is 24.3 Å². The molecule has 0 saturated heterocycles. The van der Waals surface area contributed by atoms with Crippen molar-refractivity contribution < 1.29 is 9.53 Å². The van der Waals surface area contributed by atoms with Crippen molar-refractivity contribution in [3.63, 3.8) is 0 Å². The van der Waals surface area contributed by atoms with Gasteiger partial charge in [0.1, 0.15) is 0 Å². The van der Waals surface area contributed by atoms with Crippen molar-refractivity contribution in [3.8, 4) is 0 Å². The van der Waals surface area contributed by atoms with Crippen LogP contribution in [0.4, 0.5) is 0 Å². The molecule has 3 heterocycles. The number of hydrogen-bond donors (Lipinski definition) is 0. The fraction of sp³-hybridized carbons (Fsp3) is 0.143. The topological polar surface area (TPSA) is 69.4 Å². The number of fused-ring (bicyclic) bond motifs is 1. The second-order valence-electron chi connectivity index (χ2n) is 4.23. The molecule has 0 bridgehead atoms. The van der Waals surface area contributed by atoms with E-state index in [4.69, 9.17) is 0 Å². The molecule has 0 fully saturated rings. The molecule has 0 amide bonds. The monoisotopic (exact) mass is 300 g/mol. The number of thioether (sulfide) groups is 1. The molecule has 6 nitrogen and oxygen atoms in total. The van der Waals surface area contributed by atoms with E-state index < -0.39 is 0 Å². The number of carbonyl (C=O) groups is 1. The molecule has 0 aliphatic rings. The Kier molecular flexibility index (Phi) is 3.83. The van der Waals surface area contributed by atoms with Gasteiger partial charge < -0.3 is 4.74 Å². The van der Waals surface area contributed by atoms with Crippen molar-refractivity contribution in [3.05, 3.63) is 54.0 Å². The Morgan fingerprint density at radius 1 is 1.29 bits per heavy atom. The van der Waals surface area contributed by atoms with Crippen molar-refractivity contribution in [2.45, 2.75) is 10.9 Å². The first kappa shape index (κ1) is 13.6. The fourth-order valence-corrected chi connectivity index (χ4v) is 2.64. The highest BCUT2D eigenvalue weighted by molar-refractivity contribution is 7.98. The molecule has 21 heavy (non-hydrogen) atoms. The molecule has 0 aromatic carbocycles. The Morgan fingerprint density at radius 3 is 2.95 bits per heavy atom. The third-order valence-electron chi connectivity index (χ3n) is 2.88. The van der Waals surface area contributed by atoms with Crippen LogP contribution in [0.2, 0.25) is 0 Å². The van der Waals surface area contributed by atoms with E-state index in [9.17, 15) is 4.79 Å². The van der Waals surface area contributed by atoms with Gasteiger partial charge in [-0.3, -0.25) is 9.38 Å². The lowest BCUT2D eigenvalue weighted by Gasteiger charge is -2.02. The molecule has 3 rings (SSSR count). The predicted molar refractivity (Wildman–Crippen MR) is 78.1 cm³/mol. The molecule has 0 atom stereocenters. The number of hydrogen-bond acceptors (Lipinski definition) is 6. The van der Waals surface area contributed by atoms with E-state index in [1.165, 1.54) is 13.3 Å². The first-order valence-electron chi connectivity index (χ1n) is 6.24. The van der Waals surface area contributed by atoms with Crippen molar-refractivity contribution in [2.24, 2.45) is 0 Å². The largest absolute Gasteiger partial charge is 0.465 e. The summed E-state index contributed by atoms with van der Waals surface area (Å²) < 4.78 is 6.56. The van der Waals surface area contributed by atoms with Gasteiger partial charge in [0, 0.05) is 18.1 Å². The molecular weight excluding hydrogens is 288 g/mol. The zero-order chi connectivity index (χ0) is 14.7. The van der Waals surface area contributed by atoms with E-state index in [2.05, 4.69) is 19.9 Å². The first-order valence-corrected chi connectivity index (χ1v) is 7.22. The van der Waals surface area contributed by atoms with Gasteiger partial charge in [-0.1, -0.05) is 17.8 Å². The normalized spacial score (nSPS) is 10.7. The Morgan fingerprint density at radius 2 is 2.19 bits per heavy atom. The lowest BCUT2D eigenvalue weighted by atomic mass is 10.2. The minimum Gasteiger partial charge on any atom is -0.465 e. The lowest BCUT2D eigenvalue weighted by molar-refractivity contribution is 0.0600. The van der Waals surface area contributed by atoms with Crippen LogP contribution in [0.25, 0.3) is 5.65 Å². The van der Waals surface area contributed by atoms with E-state index in [0.29, 0.717) is 11.3 Å². The molecule has 7 heteroatoms. The Labute approximate surface area is 125 Å². The number of nitrogens with zero attached hydrogens (tertiary/aromatic N) is 4. The summed E-state index contributed by atoms with van der Waals surface area (Å²) >= 11 is 1.54. The van der Waals surface area contributed by atoms with Gasteiger partial charge >= 0.3 is 5.97 Å². The fourth-order valence-electron chi connectivity index (χ4n) is 1.80. The van der Waals surface area contributed by atoms with Crippen LogP contribution in [0.15, 0.2) is 47.9 Å². The first-order chi connectivity index (χ1) is 10.3. The summed E-state index contributed by atoms with van der Waals surface area (Å²) in [6, 6.07) is 9.27. The number of carbonyl (C=O) groups excluding carboxylic acids is 1. The average molecular weight is 300 g/mol. The SMILES string of the molecule is COC(=O)c1ccc(CSc2nnc3ccccn23)nc1. The zero-order valence-corrected chi connectivity index (χ0v) is 12.1. The smallest absolute Gasteiger partial charge is 0.339 e. The van der Waals surface area contributed by atoms with Crippen LogP contribution < -0.4 is 0 Å². The van der Waals surface area contributed by atoms with E-state index in [1.807, 2.05) is 34.9 Å². The van der Waals surface area contributed by atoms with Crippen LogP contribution in [0.5, 0.6) is 0 Å². The molecule has 3 aromatic heterocycles. The molecule has 0 aliphatic heterocycles. The predicted octanol–water partition coefficient (Wildman–Crippen LogP) is 2.20. The van der Waals surface area contributed by atoms with Gasteiger partial charge in [0.05, 0.1) is 18.4 Å². The van der Waals surface area contributed by atoms with Crippen LogP contribution in [0, 0.1) is 0 Å². The molecule has 0 N–H and O–H groups in total. The van der Waals surface area contributed by atoms with Gasteiger partial charge in [-0.25, -0.2) is 4.79 Å². The van der Waals surface area contributed by atoms with Gasteiger partial charge in [0.25, 0.3) is 0 Å². The number of ether oxygens (including phenoxy) is 1. The number of rotatable bonds is 4. The minimum absolute atomic E-state index is 0.384. The molecule has 0 unspecified atom stereocenters. The van der Waals surface area contributed by atoms with E-state index >= 15 is 0 Å². The highest BCUT2D eigenvalue weighted by Crippen LogP contribution is 2.20. The minimum atomic E-state index is -0.384. The maximum absolute atomic E-state index is 11.3. The second kappa shape index (κ2) is 5.92. The number of aromatic nitrogens is 4. The van der Waals surface area contributed by atoms with Crippen molar-refractivity contribution in [1.29, 1.82) is 0 Å². The summed E-state index contributed by atoms with van der Waals surface area (Å²) in [5, 5.41) is 9.04. The summed E-state index contributed by atoms with van der Waals surface area (Å²) in [7, 11) is 1.35. The van der Waals surface area contributed by atoms with Crippen molar-refractivity contribution >= 4 is 23.4 Å². The van der Waals surface area contributed by atoms with E-state index in [1.54, 1.807) is 17.8 Å². The Balaban J connectivity index is 1.71. The zero-order valence-electron chi connectivity index (χ0n) is 11.3. The third-order valence-corrected chi connectivity index (χ3v) is 3.85. The quantitative estimate of drug-likeness (QED) is 0.543. The van der Waals surface area contributed by atoms with Crippen molar-refractivity contribution in [1.82, 2.24) is 19.6 Å². The molecule has 0 spiro atoms. The average Bonchev–Trinajstić information content (AvgIpc) is 2.96. The highest BCUT2D eigenvalue weighted by atomic mass is 32.2. The van der Waals surface area contributed by atoms with E-state index in [0.717, 1.165) is 16.5 Å². The highest BCUT2D eigenvalue weighted by Gasteiger charge is 2.08. The second-order valence-corrected chi connectivity index (χ2v) is 5.17. The summed E-state index contributed by atoms with van der Waals surface area (Å²) in [4.78, 5) is 15.6. The molecule has 3 aromatic rings. The maximum Gasteiger partial charge on any atom is 0.339 e. The Bertz CT molecular complexity index is 770. The molecular formula is C14H12N4O2S. The van der Waals surface area contributed by atoms with Crippen LogP contribution in [-0.4, -0.2) is 32.7 Å². The summed E-state index contributed by atoms with van der Waals surface area (Å²) in [5.41, 5.74) is 2.12. The summed E-state index contributed by atoms with van der Waals surface area (Å²) in [5.74, 6) is 0.266. The molecule has 106 valence electrons.